The van der Waals surface area contributed by atoms with Crippen molar-refractivity contribution in [1.82, 2.24) is 24.1 Å². The van der Waals surface area contributed by atoms with Crippen molar-refractivity contribution in [3.63, 3.8) is 0 Å². The Labute approximate surface area is 232 Å². The second-order valence-electron chi connectivity index (χ2n) is 10.1. The highest BCUT2D eigenvalue weighted by Gasteiger charge is 2.22. The lowest BCUT2D eigenvalue weighted by atomic mass is 10.1. The molecular formula is C31H32N6O3. The summed E-state index contributed by atoms with van der Waals surface area (Å²) in [4.78, 5) is 30.7. The third kappa shape index (κ3) is 5.02. The molecule has 1 aliphatic rings. The van der Waals surface area contributed by atoms with Crippen LogP contribution < -0.4 is 15.2 Å². The number of ether oxygens (including phenoxy) is 1. The zero-order valence-electron chi connectivity index (χ0n) is 22.6. The molecule has 204 valence electrons. The fraction of sp³-hybridized carbons (Fsp3) is 0.290. The molecule has 6 rings (SSSR count). The van der Waals surface area contributed by atoms with Crippen molar-refractivity contribution in [2.45, 2.75) is 25.8 Å². The van der Waals surface area contributed by atoms with Gasteiger partial charge in [-0.05, 0) is 48.4 Å². The summed E-state index contributed by atoms with van der Waals surface area (Å²) in [6.45, 7) is 3.42. The summed E-state index contributed by atoms with van der Waals surface area (Å²) >= 11 is 0. The highest BCUT2D eigenvalue weighted by atomic mass is 16.5. The molecule has 5 aromatic rings. The predicted octanol–water partition coefficient (Wildman–Crippen LogP) is 3.77. The number of carbonyl (C=O) groups excluding carboxylic acids is 1. The van der Waals surface area contributed by atoms with Gasteiger partial charge in [0, 0.05) is 44.7 Å². The monoisotopic (exact) mass is 536 g/mol. The maximum atomic E-state index is 13.4. The number of fused-ring (bicyclic) bond motifs is 3. The molecule has 0 bridgehead atoms. The van der Waals surface area contributed by atoms with Crippen LogP contribution in [0.25, 0.3) is 16.7 Å². The van der Waals surface area contributed by atoms with E-state index in [1.807, 2.05) is 76.0 Å². The molecule has 1 amide bonds. The molecule has 1 aliphatic heterocycles. The van der Waals surface area contributed by atoms with E-state index in [2.05, 4.69) is 27.2 Å². The van der Waals surface area contributed by atoms with E-state index in [1.165, 1.54) is 0 Å². The fourth-order valence-electron chi connectivity index (χ4n) is 5.45. The topological polar surface area (TPSA) is 85.0 Å². The molecule has 0 N–H and O–H groups in total. The number of piperazine rings is 1. The first-order valence-electron chi connectivity index (χ1n) is 13.7. The molecule has 0 saturated carbocycles. The normalized spacial score (nSPS) is 13.7. The number of hydrogen-bond donors (Lipinski definition) is 0. The Balaban J connectivity index is 1.14. The van der Waals surface area contributed by atoms with Crippen LogP contribution >= 0.6 is 0 Å². The van der Waals surface area contributed by atoms with Crippen molar-refractivity contribution in [3.05, 3.63) is 101 Å². The van der Waals surface area contributed by atoms with E-state index in [-0.39, 0.29) is 11.5 Å². The second kappa shape index (κ2) is 11.2. The lowest BCUT2D eigenvalue weighted by molar-refractivity contribution is -0.131. The van der Waals surface area contributed by atoms with Crippen molar-refractivity contribution >= 4 is 28.3 Å². The number of hydrogen-bond acceptors (Lipinski definition) is 6. The largest absolute Gasteiger partial charge is 0.497 e. The van der Waals surface area contributed by atoms with Crippen molar-refractivity contribution in [1.29, 1.82) is 0 Å². The van der Waals surface area contributed by atoms with Crippen LogP contribution in [-0.4, -0.2) is 63.3 Å². The van der Waals surface area contributed by atoms with Crippen LogP contribution in [0.3, 0.4) is 0 Å². The number of aryl methyl sites for hydroxylation is 1. The third-order valence-corrected chi connectivity index (χ3v) is 7.62. The smallest absolute Gasteiger partial charge is 0.263 e. The van der Waals surface area contributed by atoms with E-state index in [0.29, 0.717) is 50.1 Å². The standard InChI is InChI=1S/C31H32N6O3/c1-40-25-16-14-24(15-17-25)34-18-20-35(21-19-34)29(38)13-7-12-28-32-33-31-36(22-23-8-3-2-4-9-23)30(39)26-10-5-6-11-27(26)37(28)31/h2-6,8-11,14-17H,7,12-13,18-22H2,1H3. The Morgan fingerprint density at radius 3 is 2.35 bits per heavy atom. The van der Waals surface area contributed by atoms with Crippen LogP contribution in [0.1, 0.15) is 24.2 Å². The molecule has 3 heterocycles. The number of carbonyl (C=O) groups is 1. The van der Waals surface area contributed by atoms with Crippen molar-refractivity contribution in [2.24, 2.45) is 0 Å². The van der Waals surface area contributed by atoms with Gasteiger partial charge in [-0.3, -0.25) is 18.6 Å². The molecule has 40 heavy (non-hydrogen) atoms. The first kappa shape index (κ1) is 25.6. The van der Waals surface area contributed by atoms with Crippen molar-refractivity contribution < 1.29 is 9.53 Å². The van der Waals surface area contributed by atoms with Crippen molar-refractivity contribution in [3.8, 4) is 5.75 Å². The van der Waals surface area contributed by atoms with E-state index in [4.69, 9.17) is 4.74 Å². The minimum Gasteiger partial charge on any atom is -0.497 e. The molecule has 0 aliphatic carbocycles. The van der Waals surface area contributed by atoms with Gasteiger partial charge in [-0.25, -0.2) is 0 Å². The average Bonchev–Trinajstić information content (AvgIpc) is 3.44. The third-order valence-electron chi connectivity index (χ3n) is 7.62. The van der Waals surface area contributed by atoms with E-state index in [9.17, 15) is 9.59 Å². The molecule has 0 unspecified atom stereocenters. The summed E-state index contributed by atoms with van der Waals surface area (Å²) < 4.78 is 8.90. The van der Waals surface area contributed by atoms with Gasteiger partial charge in [0.25, 0.3) is 5.56 Å². The maximum Gasteiger partial charge on any atom is 0.263 e. The maximum absolute atomic E-state index is 13.4. The van der Waals surface area contributed by atoms with Gasteiger partial charge < -0.3 is 14.5 Å². The number of methoxy groups -OCH3 is 1. The first-order valence-corrected chi connectivity index (χ1v) is 13.7. The highest BCUT2D eigenvalue weighted by molar-refractivity contribution is 5.80. The van der Waals surface area contributed by atoms with E-state index < -0.39 is 0 Å². The molecule has 9 nitrogen and oxygen atoms in total. The van der Waals surface area contributed by atoms with Gasteiger partial charge in [0.1, 0.15) is 11.6 Å². The number of nitrogens with zero attached hydrogens (tertiary/aromatic N) is 6. The summed E-state index contributed by atoms with van der Waals surface area (Å²) in [7, 11) is 1.66. The Hall–Kier alpha value is -4.66. The molecule has 0 radical (unpaired) electrons. The molecule has 3 aromatic carbocycles. The van der Waals surface area contributed by atoms with Crippen LogP contribution in [0, 0.1) is 0 Å². The number of anilines is 1. The minimum absolute atomic E-state index is 0.0881. The van der Waals surface area contributed by atoms with Gasteiger partial charge in [0.2, 0.25) is 11.7 Å². The number of rotatable bonds is 8. The van der Waals surface area contributed by atoms with Crippen LogP contribution in [0.2, 0.25) is 0 Å². The Bertz CT molecular complexity index is 1690. The number of amides is 1. The van der Waals surface area contributed by atoms with Gasteiger partial charge in [-0.15, -0.1) is 10.2 Å². The van der Waals surface area contributed by atoms with Gasteiger partial charge >= 0.3 is 0 Å². The fourth-order valence-corrected chi connectivity index (χ4v) is 5.45. The molecule has 2 aromatic heterocycles. The molecule has 1 saturated heterocycles. The summed E-state index contributed by atoms with van der Waals surface area (Å²) in [6, 6.07) is 25.5. The predicted molar refractivity (Wildman–Crippen MR) is 155 cm³/mol. The van der Waals surface area contributed by atoms with Gasteiger partial charge in [-0.2, -0.15) is 0 Å². The summed E-state index contributed by atoms with van der Waals surface area (Å²) in [5.41, 5.74) is 2.86. The molecule has 0 spiro atoms. The first-order chi connectivity index (χ1) is 19.6. The molecule has 9 heteroatoms. The van der Waals surface area contributed by atoms with Crippen LogP contribution in [0.4, 0.5) is 5.69 Å². The Kier molecular flexibility index (Phi) is 7.18. The lowest BCUT2D eigenvalue weighted by Crippen LogP contribution is -2.48. The summed E-state index contributed by atoms with van der Waals surface area (Å²) in [5.74, 6) is 2.27. The highest BCUT2D eigenvalue weighted by Crippen LogP contribution is 2.21. The van der Waals surface area contributed by atoms with E-state index in [1.54, 1.807) is 11.7 Å². The van der Waals surface area contributed by atoms with Gasteiger partial charge in [-0.1, -0.05) is 42.5 Å². The Morgan fingerprint density at radius 1 is 0.875 bits per heavy atom. The van der Waals surface area contributed by atoms with E-state index in [0.717, 1.165) is 41.4 Å². The molecule has 0 atom stereocenters. The Morgan fingerprint density at radius 2 is 1.60 bits per heavy atom. The van der Waals surface area contributed by atoms with Crippen LogP contribution in [-0.2, 0) is 17.8 Å². The van der Waals surface area contributed by atoms with Crippen LogP contribution in [0.5, 0.6) is 5.75 Å². The van der Waals surface area contributed by atoms with Gasteiger partial charge in [0.05, 0.1) is 24.6 Å². The second-order valence-corrected chi connectivity index (χ2v) is 10.1. The quantitative estimate of drug-likeness (QED) is 0.300. The number of para-hydroxylation sites is 1. The van der Waals surface area contributed by atoms with E-state index >= 15 is 0 Å². The lowest BCUT2D eigenvalue weighted by Gasteiger charge is -2.36. The van der Waals surface area contributed by atoms with Crippen molar-refractivity contribution in [2.75, 3.05) is 38.2 Å². The van der Waals surface area contributed by atoms with Gasteiger partial charge in [0.15, 0.2) is 0 Å². The molecular weight excluding hydrogens is 504 g/mol. The minimum atomic E-state index is -0.0881. The zero-order valence-corrected chi connectivity index (χ0v) is 22.6. The van der Waals surface area contributed by atoms with Crippen LogP contribution in [0.15, 0.2) is 83.7 Å². The summed E-state index contributed by atoms with van der Waals surface area (Å²) in [5, 5.41) is 9.52. The number of benzene rings is 3. The average molecular weight is 537 g/mol. The summed E-state index contributed by atoms with van der Waals surface area (Å²) in [6.07, 6.45) is 1.69. The molecule has 1 fully saturated rings. The zero-order chi connectivity index (χ0) is 27.5. The number of aromatic nitrogens is 4. The SMILES string of the molecule is COc1ccc(N2CCN(C(=O)CCCc3nnc4n(Cc5ccccc5)c(=O)c5ccccc5n34)CC2)cc1.